The second-order valence-electron chi connectivity index (χ2n) is 3.25. The van der Waals surface area contributed by atoms with E-state index in [2.05, 4.69) is 4.72 Å². The second kappa shape index (κ2) is 5.39. The number of halogens is 2. The maximum atomic E-state index is 11.3. The summed E-state index contributed by atoms with van der Waals surface area (Å²) in [6.45, 7) is 3.48. The molecule has 6 heteroatoms. The zero-order chi connectivity index (χ0) is 10.5. The summed E-state index contributed by atoms with van der Waals surface area (Å²) in [6.07, 6.45) is 0.579. The number of hydrogen-bond acceptors (Lipinski definition) is 2. The summed E-state index contributed by atoms with van der Waals surface area (Å²) in [5.74, 6) is 0.440. The molecule has 80 valence electrons. The van der Waals surface area contributed by atoms with Crippen molar-refractivity contribution in [3.63, 3.8) is 0 Å². The fraction of sp³-hybridized carbons (Fsp3) is 1.00. The third-order valence-electron chi connectivity index (χ3n) is 1.46. The monoisotopic (exact) mass is 247 g/mol. The van der Waals surface area contributed by atoms with E-state index in [9.17, 15) is 8.42 Å². The molecule has 0 radical (unpaired) electrons. The average Bonchev–Trinajstić information content (AvgIpc) is 2.03. The minimum absolute atomic E-state index is 0.108. The molecular formula is C7H15Cl2NO2S. The molecule has 1 N–H and O–H groups in total. The van der Waals surface area contributed by atoms with E-state index in [0.717, 1.165) is 0 Å². The first kappa shape index (κ1) is 13.5. The molecule has 0 aromatic carbocycles. The van der Waals surface area contributed by atoms with E-state index < -0.39 is 15.6 Å². The second-order valence-corrected chi connectivity index (χ2v) is 5.63. The summed E-state index contributed by atoms with van der Waals surface area (Å²) in [7, 11) is -3.23. The summed E-state index contributed by atoms with van der Waals surface area (Å²) in [5, 5.41) is 0. The first-order valence-corrected chi connectivity index (χ1v) is 6.75. The van der Waals surface area contributed by atoms with Crippen LogP contribution in [0.4, 0.5) is 0 Å². The molecule has 0 aromatic heterocycles. The molecule has 0 unspecified atom stereocenters. The molecule has 0 saturated heterocycles. The van der Waals surface area contributed by atoms with Crippen LogP contribution in [0, 0.1) is 0 Å². The Bertz CT molecular complexity index is 237. The SMILES string of the molecule is CCCS(=O)(=O)NC(C)(CCl)CCl. The minimum atomic E-state index is -3.23. The molecule has 0 bridgehead atoms. The maximum absolute atomic E-state index is 11.3. The zero-order valence-corrected chi connectivity index (χ0v) is 10.1. The van der Waals surface area contributed by atoms with Gasteiger partial charge in [-0.1, -0.05) is 6.92 Å². The van der Waals surface area contributed by atoms with E-state index in [1.165, 1.54) is 0 Å². The third kappa shape index (κ3) is 5.05. The lowest BCUT2D eigenvalue weighted by molar-refractivity contribution is 0.500. The van der Waals surface area contributed by atoms with Crippen LogP contribution in [0.5, 0.6) is 0 Å². The van der Waals surface area contributed by atoms with Crippen molar-refractivity contribution in [2.24, 2.45) is 0 Å². The van der Waals surface area contributed by atoms with Crippen molar-refractivity contribution in [3.05, 3.63) is 0 Å². The molecular weight excluding hydrogens is 233 g/mol. The minimum Gasteiger partial charge on any atom is -0.212 e. The van der Waals surface area contributed by atoms with E-state index in [1.54, 1.807) is 13.8 Å². The highest BCUT2D eigenvalue weighted by Crippen LogP contribution is 2.10. The Kier molecular flexibility index (Phi) is 5.59. The van der Waals surface area contributed by atoms with E-state index in [4.69, 9.17) is 23.2 Å². The Morgan fingerprint density at radius 2 is 1.77 bits per heavy atom. The summed E-state index contributed by atoms with van der Waals surface area (Å²) < 4.78 is 25.1. The van der Waals surface area contributed by atoms with Crippen LogP contribution in [0.3, 0.4) is 0 Å². The Labute approximate surface area is 89.8 Å². The van der Waals surface area contributed by atoms with Crippen LogP contribution in [-0.4, -0.2) is 31.5 Å². The van der Waals surface area contributed by atoms with Gasteiger partial charge in [0.05, 0.1) is 11.3 Å². The standard InChI is InChI=1S/C7H15Cl2NO2S/c1-3-4-13(11,12)10-7(2,5-8)6-9/h10H,3-6H2,1-2H3. The van der Waals surface area contributed by atoms with E-state index in [1.807, 2.05) is 0 Å². The molecule has 0 spiro atoms. The van der Waals surface area contributed by atoms with Gasteiger partial charge in [-0.3, -0.25) is 0 Å². The van der Waals surface area contributed by atoms with Crippen molar-refractivity contribution >= 4 is 33.2 Å². The number of nitrogens with one attached hydrogen (secondary N) is 1. The molecule has 0 heterocycles. The smallest absolute Gasteiger partial charge is 0.212 e. The van der Waals surface area contributed by atoms with Crippen LogP contribution in [0.15, 0.2) is 0 Å². The third-order valence-corrected chi connectivity index (χ3v) is 4.39. The average molecular weight is 248 g/mol. The Morgan fingerprint density at radius 3 is 2.08 bits per heavy atom. The molecule has 0 fully saturated rings. The van der Waals surface area contributed by atoms with Crippen molar-refractivity contribution in [2.75, 3.05) is 17.5 Å². The van der Waals surface area contributed by atoms with Crippen molar-refractivity contribution in [2.45, 2.75) is 25.8 Å². The lowest BCUT2D eigenvalue weighted by Gasteiger charge is -2.25. The van der Waals surface area contributed by atoms with E-state index >= 15 is 0 Å². The van der Waals surface area contributed by atoms with Crippen LogP contribution in [0.2, 0.25) is 0 Å². The van der Waals surface area contributed by atoms with Gasteiger partial charge < -0.3 is 0 Å². The normalized spacial score (nSPS) is 13.2. The topological polar surface area (TPSA) is 46.2 Å². The predicted molar refractivity (Wildman–Crippen MR) is 57.1 cm³/mol. The van der Waals surface area contributed by atoms with Gasteiger partial charge in [0.1, 0.15) is 0 Å². The highest BCUT2D eigenvalue weighted by Gasteiger charge is 2.27. The van der Waals surface area contributed by atoms with Gasteiger partial charge in [0.15, 0.2) is 0 Å². The van der Waals surface area contributed by atoms with Gasteiger partial charge in [-0.25, -0.2) is 13.1 Å². The first-order chi connectivity index (χ1) is 5.89. The molecule has 3 nitrogen and oxygen atoms in total. The van der Waals surface area contributed by atoms with Crippen molar-refractivity contribution in [3.8, 4) is 0 Å². The molecule has 0 saturated carbocycles. The van der Waals surface area contributed by atoms with E-state index in [0.29, 0.717) is 6.42 Å². The fourth-order valence-corrected chi connectivity index (χ4v) is 2.90. The lowest BCUT2D eigenvalue weighted by atomic mass is 10.1. The number of rotatable bonds is 6. The molecule has 0 atom stereocenters. The van der Waals surface area contributed by atoms with Crippen LogP contribution < -0.4 is 4.72 Å². The van der Waals surface area contributed by atoms with Gasteiger partial charge in [-0.2, -0.15) is 0 Å². The largest absolute Gasteiger partial charge is 0.212 e. The summed E-state index contributed by atoms with van der Waals surface area (Å²) in [4.78, 5) is 0. The molecule has 0 aliphatic heterocycles. The van der Waals surface area contributed by atoms with Crippen molar-refractivity contribution in [1.29, 1.82) is 0 Å². The molecule has 13 heavy (non-hydrogen) atoms. The summed E-state index contributed by atoms with van der Waals surface area (Å²) in [5.41, 5.74) is -0.739. The lowest BCUT2D eigenvalue weighted by Crippen LogP contribution is -2.49. The Hall–Kier alpha value is 0.490. The number of hydrogen-bond donors (Lipinski definition) is 1. The molecule has 0 rings (SSSR count). The van der Waals surface area contributed by atoms with Crippen LogP contribution in [-0.2, 0) is 10.0 Å². The van der Waals surface area contributed by atoms with Gasteiger partial charge in [0.25, 0.3) is 0 Å². The first-order valence-electron chi connectivity index (χ1n) is 4.02. The predicted octanol–water partition coefficient (Wildman–Crippen LogP) is 1.55. The Morgan fingerprint density at radius 1 is 1.31 bits per heavy atom. The highest BCUT2D eigenvalue weighted by atomic mass is 35.5. The van der Waals surface area contributed by atoms with Crippen molar-refractivity contribution in [1.82, 2.24) is 4.72 Å². The number of sulfonamides is 1. The zero-order valence-electron chi connectivity index (χ0n) is 7.81. The maximum Gasteiger partial charge on any atom is 0.212 e. The van der Waals surface area contributed by atoms with Crippen molar-refractivity contribution < 1.29 is 8.42 Å². The van der Waals surface area contributed by atoms with Crippen LogP contribution >= 0.6 is 23.2 Å². The molecule has 0 aliphatic carbocycles. The number of alkyl halides is 2. The fourth-order valence-electron chi connectivity index (χ4n) is 0.785. The highest BCUT2D eigenvalue weighted by molar-refractivity contribution is 7.89. The molecule has 0 aromatic rings. The van der Waals surface area contributed by atoms with Gasteiger partial charge in [0.2, 0.25) is 10.0 Å². The van der Waals surface area contributed by atoms with Gasteiger partial charge in [0, 0.05) is 11.8 Å². The van der Waals surface area contributed by atoms with Gasteiger partial charge in [-0.15, -0.1) is 23.2 Å². The quantitative estimate of drug-likeness (QED) is 0.725. The van der Waals surface area contributed by atoms with Gasteiger partial charge >= 0.3 is 0 Å². The Balaban J connectivity index is 4.40. The molecule has 0 aliphatic rings. The van der Waals surface area contributed by atoms with Crippen LogP contribution in [0.1, 0.15) is 20.3 Å². The summed E-state index contributed by atoms with van der Waals surface area (Å²) in [6, 6.07) is 0. The molecule has 0 amide bonds. The van der Waals surface area contributed by atoms with Gasteiger partial charge in [-0.05, 0) is 13.3 Å². The summed E-state index contributed by atoms with van der Waals surface area (Å²) >= 11 is 11.2. The van der Waals surface area contributed by atoms with E-state index in [-0.39, 0.29) is 17.5 Å². The van der Waals surface area contributed by atoms with Crippen LogP contribution in [0.25, 0.3) is 0 Å².